The second kappa shape index (κ2) is 7.37. The molecule has 31 heavy (non-hydrogen) atoms. The van der Waals surface area contributed by atoms with Crippen LogP contribution in [-0.2, 0) is 23.2 Å². The van der Waals surface area contributed by atoms with Gasteiger partial charge in [0.2, 0.25) is 0 Å². The lowest BCUT2D eigenvalue weighted by atomic mass is 9.97. The second-order valence-corrected chi connectivity index (χ2v) is 7.95. The summed E-state index contributed by atoms with van der Waals surface area (Å²) in [4.78, 5) is 26.0. The van der Waals surface area contributed by atoms with Gasteiger partial charge in [-0.15, -0.1) is 0 Å². The molecular formula is C23H19ClN4O3. The van der Waals surface area contributed by atoms with Crippen molar-refractivity contribution in [2.45, 2.75) is 13.0 Å². The summed E-state index contributed by atoms with van der Waals surface area (Å²) in [5, 5.41) is 18.5. The van der Waals surface area contributed by atoms with Gasteiger partial charge < -0.3 is 9.67 Å². The number of aliphatic hydroxyl groups excluding tert-OH is 1. The van der Waals surface area contributed by atoms with Crippen molar-refractivity contribution in [3.63, 3.8) is 0 Å². The molecule has 0 unspecified atom stereocenters. The van der Waals surface area contributed by atoms with Crippen LogP contribution in [-0.4, -0.2) is 37.9 Å². The maximum absolute atomic E-state index is 13.0. The lowest BCUT2D eigenvalue weighted by Gasteiger charge is -2.09. The van der Waals surface area contributed by atoms with Crippen molar-refractivity contribution in [3.8, 4) is 0 Å². The summed E-state index contributed by atoms with van der Waals surface area (Å²) >= 11 is 6.24. The number of fused-ring (bicyclic) bond motifs is 2. The quantitative estimate of drug-likeness (QED) is 0.472. The third kappa shape index (κ3) is 3.05. The molecule has 0 saturated heterocycles. The first-order valence-electron chi connectivity index (χ1n) is 9.91. The Labute approximate surface area is 182 Å². The van der Waals surface area contributed by atoms with E-state index in [2.05, 4.69) is 10.4 Å². The van der Waals surface area contributed by atoms with Gasteiger partial charge in [0.15, 0.2) is 0 Å². The number of aliphatic hydroxyl groups is 1. The number of aromatic nitrogens is 3. The molecule has 2 amide bonds. The van der Waals surface area contributed by atoms with Crippen molar-refractivity contribution in [2.24, 2.45) is 7.05 Å². The molecule has 3 heterocycles. The van der Waals surface area contributed by atoms with Crippen LogP contribution in [0.1, 0.15) is 17.7 Å². The number of rotatable bonds is 5. The van der Waals surface area contributed by atoms with E-state index in [0.29, 0.717) is 34.8 Å². The molecule has 0 spiro atoms. The minimum absolute atomic E-state index is 0.00546. The zero-order valence-corrected chi connectivity index (χ0v) is 17.5. The molecule has 2 aromatic heterocycles. The SMILES string of the molecule is Cn1cc(C2=C(c3c4ccccc4nn3CCCO)C(=O)NC2=O)c2cc(Cl)ccc21. The summed E-state index contributed by atoms with van der Waals surface area (Å²) in [6, 6.07) is 13.0. The normalized spacial score (nSPS) is 14.3. The Kier molecular flexibility index (Phi) is 4.64. The highest BCUT2D eigenvalue weighted by Gasteiger charge is 2.36. The maximum Gasteiger partial charge on any atom is 0.261 e. The monoisotopic (exact) mass is 434 g/mol. The first-order chi connectivity index (χ1) is 15.0. The lowest BCUT2D eigenvalue weighted by molar-refractivity contribution is -0.122. The number of hydrogen-bond donors (Lipinski definition) is 2. The summed E-state index contributed by atoms with van der Waals surface area (Å²) < 4.78 is 3.61. The number of hydrogen-bond acceptors (Lipinski definition) is 4. The Morgan fingerprint density at radius 3 is 2.65 bits per heavy atom. The van der Waals surface area contributed by atoms with Crippen LogP contribution in [0.5, 0.6) is 0 Å². The number of amides is 2. The van der Waals surface area contributed by atoms with E-state index in [-0.39, 0.29) is 12.2 Å². The first-order valence-corrected chi connectivity index (χ1v) is 10.3. The summed E-state index contributed by atoms with van der Waals surface area (Å²) in [5.41, 5.74) is 3.41. The van der Waals surface area contributed by atoms with Crippen molar-refractivity contribution < 1.29 is 14.7 Å². The number of benzene rings is 2. The number of nitrogens with zero attached hydrogens (tertiary/aromatic N) is 3. The molecule has 0 fully saturated rings. The van der Waals surface area contributed by atoms with E-state index < -0.39 is 11.8 Å². The van der Waals surface area contributed by atoms with Gasteiger partial charge in [-0.3, -0.25) is 19.6 Å². The summed E-state index contributed by atoms with van der Waals surface area (Å²) in [6.45, 7) is 0.411. The summed E-state index contributed by atoms with van der Waals surface area (Å²) in [6.07, 6.45) is 2.31. The molecule has 4 aromatic rings. The van der Waals surface area contributed by atoms with E-state index in [1.807, 2.05) is 48.1 Å². The second-order valence-electron chi connectivity index (χ2n) is 7.51. The van der Waals surface area contributed by atoms with E-state index >= 15 is 0 Å². The Morgan fingerprint density at radius 2 is 1.84 bits per heavy atom. The fourth-order valence-electron chi connectivity index (χ4n) is 4.23. The highest BCUT2D eigenvalue weighted by Crippen LogP contribution is 2.38. The Hall–Kier alpha value is -3.42. The van der Waals surface area contributed by atoms with Crippen LogP contribution < -0.4 is 5.32 Å². The molecule has 0 radical (unpaired) electrons. The van der Waals surface area contributed by atoms with Gasteiger partial charge in [-0.25, -0.2) is 0 Å². The predicted molar refractivity (Wildman–Crippen MR) is 119 cm³/mol. The average molecular weight is 435 g/mol. The van der Waals surface area contributed by atoms with Crippen LogP contribution in [0.2, 0.25) is 5.02 Å². The minimum Gasteiger partial charge on any atom is -0.396 e. The van der Waals surface area contributed by atoms with Gasteiger partial charge in [0.1, 0.15) is 0 Å². The molecule has 2 aromatic carbocycles. The smallest absolute Gasteiger partial charge is 0.261 e. The van der Waals surface area contributed by atoms with Gasteiger partial charge in [-0.1, -0.05) is 29.8 Å². The fourth-order valence-corrected chi connectivity index (χ4v) is 4.40. The van der Waals surface area contributed by atoms with Crippen LogP contribution in [0.3, 0.4) is 0 Å². The molecule has 8 heteroatoms. The zero-order chi connectivity index (χ0) is 21.7. The molecule has 7 nitrogen and oxygen atoms in total. The number of carbonyl (C=O) groups excluding carboxylic acids is 2. The van der Waals surface area contributed by atoms with Gasteiger partial charge in [0, 0.05) is 53.3 Å². The molecule has 1 aliphatic heterocycles. The van der Waals surface area contributed by atoms with Crippen molar-refractivity contribution in [1.29, 1.82) is 0 Å². The zero-order valence-electron chi connectivity index (χ0n) is 16.7. The number of halogens is 1. The Morgan fingerprint density at radius 1 is 1.06 bits per heavy atom. The number of imide groups is 1. The molecule has 0 aliphatic carbocycles. The van der Waals surface area contributed by atoms with Crippen molar-refractivity contribution >= 4 is 56.4 Å². The van der Waals surface area contributed by atoms with E-state index in [0.717, 1.165) is 21.8 Å². The van der Waals surface area contributed by atoms with E-state index in [9.17, 15) is 14.7 Å². The van der Waals surface area contributed by atoms with Crippen molar-refractivity contribution in [3.05, 3.63) is 64.9 Å². The highest BCUT2D eigenvalue weighted by molar-refractivity contribution is 6.50. The number of carbonyl (C=O) groups is 2. The predicted octanol–water partition coefficient (Wildman–Crippen LogP) is 3.13. The van der Waals surface area contributed by atoms with Crippen LogP contribution in [0, 0.1) is 0 Å². The molecule has 5 rings (SSSR count). The van der Waals surface area contributed by atoms with Gasteiger partial charge in [-0.05, 0) is 30.7 Å². The topological polar surface area (TPSA) is 89.2 Å². The molecule has 2 N–H and O–H groups in total. The molecule has 1 aliphatic rings. The molecular weight excluding hydrogens is 416 g/mol. The fraction of sp³-hybridized carbons (Fsp3) is 0.174. The van der Waals surface area contributed by atoms with Crippen molar-refractivity contribution in [2.75, 3.05) is 6.61 Å². The van der Waals surface area contributed by atoms with E-state index in [1.54, 1.807) is 16.8 Å². The van der Waals surface area contributed by atoms with E-state index in [1.165, 1.54) is 0 Å². The largest absolute Gasteiger partial charge is 0.396 e. The van der Waals surface area contributed by atoms with Crippen LogP contribution in [0.25, 0.3) is 33.0 Å². The standard InChI is InChI=1S/C23H19ClN4O3/c1-27-12-16(15-11-13(24)7-8-18(15)27)19-20(23(31)25-22(19)30)21-14-5-2-3-6-17(14)26-28(21)9-4-10-29/h2-3,5-8,11-12,29H,4,9-10H2,1H3,(H,25,30,31). The average Bonchev–Trinajstić information content (AvgIpc) is 3.36. The molecule has 0 bridgehead atoms. The molecule has 0 atom stereocenters. The van der Waals surface area contributed by atoms with E-state index in [4.69, 9.17) is 11.6 Å². The van der Waals surface area contributed by atoms with Crippen LogP contribution in [0.4, 0.5) is 0 Å². The highest BCUT2D eigenvalue weighted by atomic mass is 35.5. The lowest BCUT2D eigenvalue weighted by Crippen LogP contribution is -2.23. The Bertz CT molecular complexity index is 1410. The summed E-state index contributed by atoms with van der Waals surface area (Å²) in [5.74, 6) is -0.915. The third-order valence-corrected chi connectivity index (χ3v) is 5.80. The third-order valence-electron chi connectivity index (χ3n) is 5.56. The van der Waals surface area contributed by atoms with Crippen LogP contribution in [0.15, 0.2) is 48.7 Å². The Balaban J connectivity index is 1.85. The van der Waals surface area contributed by atoms with Gasteiger partial charge in [-0.2, -0.15) is 5.10 Å². The van der Waals surface area contributed by atoms with Gasteiger partial charge in [0.05, 0.1) is 22.4 Å². The molecule has 156 valence electrons. The number of nitrogens with one attached hydrogen (secondary N) is 1. The molecule has 0 saturated carbocycles. The number of aryl methyl sites for hydroxylation is 2. The van der Waals surface area contributed by atoms with Crippen LogP contribution >= 0.6 is 11.6 Å². The first kappa shape index (κ1) is 19.5. The van der Waals surface area contributed by atoms with Gasteiger partial charge in [0.25, 0.3) is 11.8 Å². The maximum atomic E-state index is 13.0. The minimum atomic E-state index is -0.463. The summed E-state index contributed by atoms with van der Waals surface area (Å²) in [7, 11) is 1.88. The van der Waals surface area contributed by atoms with Gasteiger partial charge >= 0.3 is 0 Å². The van der Waals surface area contributed by atoms with Crippen molar-refractivity contribution in [1.82, 2.24) is 19.7 Å².